The van der Waals surface area contributed by atoms with Crippen LogP contribution in [0.1, 0.15) is 30.1 Å². The molecule has 2 unspecified atom stereocenters. The monoisotopic (exact) mass is 483 g/mol. The van der Waals surface area contributed by atoms with Crippen molar-refractivity contribution in [2.75, 3.05) is 31.6 Å². The molecule has 2 atom stereocenters. The van der Waals surface area contributed by atoms with Crippen molar-refractivity contribution < 1.29 is 31.1 Å². The molecule has 1 N–H and O–H groups in total. The number of ether oxygens (including phenoxy) is 2. The van der Waals surface area contributed by atoms with E-state index >= 15 is 0 Å². The smallest absolute Gasteiger partial charge is 0.494 e. The van der Waals surface area contributed by atoms with Gasteiger partial charge in [0.25, 0.3) is 0 Å². The minimum atomic E-state index is -5.59. The molecule has 0 bridgehead atoms. The van der Waals surface area contributed by atoms with E-state index in [2.05, 4.69) is 10.3 Å². The molecule has 1 aromatic heterocycles. The summed E-state index contributed by atoms with van der Waals surface area (Å²) in [7, 11) is -3.36. The summed E-state index contributed by atoms with van der Waals surface area (Å²) < 4.78 is 74.6. The predicted molar refractivity (Wildman–Crippen MR) is 117 cm³/mol. The number of aromatic nitrogens is 1. The zero-order valence-electron chi connectivity index (χ0n) is 18.1. The second-order valence-electron chi connectivity index (χ2n) is 7.95. The lowest BCUT2D eigenvalue weighted by Gasteiger charge is -2.40. The van der Waals surface area contributed by atoms with Gasteiger partial charge in [0.2, 0.25) is 0 Å². The Bertz CT molecular complexity index is 1160. The number of pyridine rings is 1. The third-order valence-corrected chi connectivity index (χ3v) is 7.47. The lowest BCUT2D eigenvalue weighted by Crippen LogP contribution is -2.47. The van der Waals surface area contributed by atoms with E-state index in [1.807, 2.05) is 36.4 Å². The summed E-state index contributed by atoms with van der Waals surface area (Å²) in [5.41, 5.74) is -4.19. The van der Waals surface area contributed by atoms with Crippen LogP contribution < -0.4 is 14.4 Å². The Hall–Kier alpha value is -2.63. The summed E-state index contributed by atoms with van der Waals surface area (Å²) >= 11 is 0. The van der Waals surface area contributed by atoms with Crippen LogP contribution in [0.3, 0.4) is 0 Å². The van der Waals surface area contributed by atoms with E-state index in [-0.39, 0.29) is 28.5 Å². The first-order valence-electron chi connectivity index (χ1n) is 10.3. The Morgan fingerprint density at radius 1 is 1.21 bits per heavy atom. The third kappa shape index (κ3) is 4.20. The Morgan fingerprint density at radius 3 is 2.61 bits per heavy atom. The van der Waals surface area contributed by atoms with Gasteiger partial charge in [-0.25, -0.2) is 9.29 Å². The number of sulfonamides is 1. The molecule has 7 nitrogen and oxygen atoms in total. The summed E-state index contributed by atoms with van der Waals surface area (Å²) in [6.07, 6.45) is 3.56. The topological polar surface area (TPSA) is 80.8 Å². The number of methoxy groups -OCH3 is 1. The van der Waals surface area contributed by atoms with Gasteiger partial charge in [0.05, 0.1) is 19.8 Å². The van der Waals surface area contributed by atoms with Crippen molar-refractivity contribution in [3.05, 3.63) is 59.8 Å². The number of anilines is 1. The van der Waals surface area contributed by atoms with Crippen molar-refractivity contribution in [3.8, 4) is 5.75 Å². The number of benzene rings is 1. The second kappa shape index (κ2) is 8.62. The number of hydrogen-bond acceptors (Lipinski definition) is 6. The Labute approximate surface area is 190 Å². The number of alkyl halides is 3. The molecule has 2 aliphatic rings. The van der Waals surface area contributed by atoms with Gasteiger partial charge in [-0.1, -0.05) is 30.3 Å². The van der Waals surface area contributed by atoms with E-state index < -0.39 is 21.1 Å². The largest absolute Gasteiger partial charge is 0.516 e. The molecular weight excluding hydrogens is 459 g/mol. The van der Waals surface area contributed by atoms with Gasteiger partial charge >= 0.3 is 15.5 Å². The lowest BCUT2D eigenvalue weighted by molar-refractivity contribution is -0.0437. The third-order valence-electron chi connectivity index (χ3n) is 5.97. The molecule has 1 fully saturated rings. The quantitative estimate of drug-likeness (QED) is 0.699. The zero-order chi connectivity index (χ0) is 23.9. The average molecular weight is 484 g/mol. The van der Waals surface area contributed by atoms with E-state index in [1.54, 1.807) is 0 Å². The minimum Gasteiger partial charge on any atom is -0.494 e. The van der Waals surface area contributed by atoms with Crippen molar-refractivity contribution in [3.63, 3.8) is 0 Å². The maximum absolute atomic E-state index is 13.0. The average Bonchev–Trinajstić information content (AvgIpc) is 3.22. The Morgan fingerprint density at radius 2 is 1.94 bits per heavy atom. The highest BCUT2D eigenvalue weighted by molar-refractivity contribution is 7.93. The van der Waals surface area contributed by atoms with Crippen molar-refractivity contribution in [1.29, 1.82) is 0 Å². The first-order chi connectivity index (χ1) is 15.6. The fourth-order valence-electron chi connectivity index (χ4n) is 4.30. The number of nitrogens with one attached hydrogen (secondary N) is 1. The molecule has 33 heavy (non-hydrogen) atoms. The zero-order valence-corrected chi connectivity index (χ0v) is 18.9. The number of hydrogen-bond donors (Lipinski definition) is 1. The highest BCUT2D eigenvalue weighted by Crippen LogP contribution is 2.45. The van der Waals surface area contributed by atoms with Crippen LogP contribution in [-0.2, 0) is 14.8 Å². The molecule has 1 saturated heterocycles. The summed E-state index contributed by atoms with van der Waals surface area (Å²) in [5.74, 6) is -0.0603. The molecule has 1 aromatic carbocycles. The highest BCUT2D eigenvalue weighted by atomic mass is 32.2. The van der Waals surface area contributed by atoms with Crippen LogP contribution in [0.15, 0.2) is 48.5 Å². The van der Waals surface area contributed by atoms with E-state index in [4.69, 9.17) is 9.47 Å². The summed E-state index contributed by atoms with van der Waals surface area (Å²) in [4.78, 5) is 4.23. The van der Waals surface area contributed by atoms with Gasteiger partial charge in [-0.05, 0) is 43.2 Å². The van der Waals surface area contributed by atoms with Gasteiger partial charge in [0, 0.05) is 12.6 Å². The summed E-state index contributed by atoms with van der Waals surface area (Å²) in [6, 6.07) is 12.3. The molecule has 178 valence electrons. The van der Waals surface area contributed by atoms with Crippen molar-refractivity contribution in [2.45, 2.75) is 30.0 Å². The van der Waals surface area contributed by atoms with Gasteiger partial charge in [-0.3, -0.25) is 0 Å². The maximum atomic E-state index is 13.0. The second-order valence-corrected chi connectivity index (χ2v) is 9.91. The Kier molecular flexibility index (Phi) is 6.14. The number of piperidine rings is 1. The molecule has 11 heteroatoms. The molecule has 0 saturated carbocycles. The van der Waals surface area contributed by atoms with Crippen molar-refractivity contribution >= 4 is 21.4 Å². The first-order valence-corrected chi connectivity index (χ1v) is 11.8. The van der Waals surface area contributed by atoms with E-state index in [1.165, 1.54) is 19.2 Å². The lowest BCUT2D eigenvalue weighted by atomic mass is 9.81. The standard InChI is InChI=1S/C22H24F3N3O4S/c1-28(33(29,30)22(23,24)25)18-10-9-17(31-2)19(27-18)16-13-21(32-14-16)11-6-12-26-20(21)15-7-4-3-5-8-15/h3-5,7-10,13,20,26H,6,11-12,14H2,1-2H3. The van der Waals surface area contributed by atoms with Gasteiger partial charge in [0.15, 0.2) is 0 Å². The fourth-order valence-corrected chi connectivity index (χ4v) is 4.95. The van der Waals surface area contributed by atoms with Crippen LogP contribution in [0.25, 0.3) is 5.57 Å². The van der Waals surface area contributed by atoms with E-state index in [0.717, 1.165) is 32.0 Å². The summed E-state index contributed by atoms with van der Waals surface area (Å²) in [6.45, 7) is 0.985. The predicted octanol–water partition coefficient (Wildman–Crippen LogP) is 3.65. The molecule has 0 radical (unpaired) electrons. The van der Waals surface area contributed by atoms with Crippen LogP contribution in [-0.4, -0.2) is 51.8 Å². The molecule has 2 aromatic rings. The molecule has 0 amide bonds. The number of nitrogens with zero attached hydrogens (tertiary/aromatic N) is 2. The van der Waals surface area contributed by atoms with Crippen LogP contribution in [0.5, 0.6) is 5.75 Å². The molecule has 4 rings (SSSR count). The van der Waals surface area contributed by atoms with Crippen molar-refractivity contribution in [2.24, 2.45) is 0 Å². The summed E-state index contributed by atoms with van der Waals surface area (Å²) in [5, 5.41) is 3.50. The molecule has 1 spiro atoms. The molecular formula is C22H24F3N3O4S. The van der Waals surface area contributed by atoms with Gasteiger partial charge in [-0.2, -0.15) is 21.6 Å². The van der Waals surface area contributed by atoms with E-state index in [9.17, 15) is 21.6 Å². The SMILES string of the molecule is COc1ccc(N(C)S(=O)(=O)C(F)(F)F)nc1C1=CC2(CCCNC2c2ccccc2)OC1. The minimum absolute atomic E-state index is 0.118. The van der Waals surface area contributed by atoms with E-state index in [0.29, 0.717) is 11.3 Å². The van der Waals surface area contributed by atoms with Gasteiger partial charge in [-0.15, -0.1) is 0 Å². The number of halogens is 3. The van der Waals surface area contributed by atoms with Crippen LogP contribution in [0.2, 0.25) is 0 Å². The van der Waals surface area contributed by atoms with Gasteiger partial charge < -0.3 is 14.8 Å². The molecule has 0 aliphatic carbocycles. The Balaban J connectivity index is 1.74. The number of rotatable bonds is 5. The maximum Gasteiger partial charge on any atom is 0.516 e. The first kappa shape index (κ1) is 23.5. The van der Waals surface area contributed by atoms with Crippen molar-refractivity contribution in [1.82, 2.24) is 10.3 Å². The van der Waals surface area contributed by atoms with Crippen LogP contribution in [0.4, 0.5) is 19.0 Å². The van der Waals surface area contributed by atoms with Crippen LogP contribution in [0, 0.1) is 0 Å². The molecule has 3 heterocycles. The normalized spacial score (nSPS) is 23.4. The fraction of sp³-hybridized carbons (Fsp3) is 0.409. The highest BCUT2D eigenvalue weighted by Gasteiger charge is 2.50. The molecule has 2 aliphatic heterocycles. The van der Waals surface area contributed by atoms with Gasteiger partial charge in [0.1, 0.15) is 22.9 Å². The van der Waals surface area contributed by atoms with Crippen LogP contribution >= 0.6 is 0 Å².